The number of nitrogens with one attached hydrogen (secondary N) is 1. The number of imidazole rings is 1. The van der Waals surface area contributed by atoms with Crippen LogP contribution in [0.1, 0.15) is 37.9 Å². The fourth-order valence-corrected chi connectivity index (χ4v) is 3.83. The van der Waals surface area contributed by atoms with Crippen LogP contribution in [0.3, 0.4) is 0 Å². The minimum atomic E-state index is 0.125. The number of nitrogens with zero attached hydrogens (tertiary/aromatic N) is 3. The number of amides is 2. The van der Waals surface area contributed by atoms with Crippen molar-refractivity contribution in [2.75, 3.05) is 32.8 Å². The van der Waals surface area contributed by atoms with Gasteiger partial charge in [0.1, 0.15) is 12.4 Å². The summed E-state index contributed by atoms with van der Waals surface area (Å²) in [5.74, 6) is 1.59. The average Bonchev–Trinajstić information content (AvgIpc) is 3.55. The van der Waals surface area contributed by atoms with Gasteiger partial charge in [-0.15, -0.1) is 0 Å². The maximum atomic E-state index is 12.8. The van der Waals surface area contributed by atoms with Crippen molar-refractivity contribution in [3.63, 3.8) is 0 Å². The molecule has 156 valence electrons. The lowest BCUT2D eigenvalue weighted by Crippen LogP contribution is -2.42. The molecule has 0 atom stereocenters. The number of aromatic nitrogens is 2. The largest absolute Gasteiger partial charge is 0.378 e. The minimum absolute atomic E-state index is 0.125. The number of unbranched alkanes of at least 4 members (excludes halogenated alkanes) is 2. The van der Waals surface area contributed by atoms with Crippen LogP contribution in [-0.4, -0.2) is 59.1 Å². The lowest BCUT2D eigenvalue weighted by Gasteiger charge is -2.27. The number of rotatable bonds is 9. The molecule has 1 aromatic heterocycles. The molecule has 0 spiro atoms. The molecule has 2 fully saturated rings. The van der Waals surface area contributed by atoms with Crippen LogP contribution >= 0.6 is 0 Å². The smallest absolute Gasteiger partial charge is 0.242 e. The van der Waals surface area contributed by atoms with E-state index in [1.54, 1.807) is 0 Å². The molecule has 1 aliphatic heterocycles. The van der Waals surface area contributed by atoms with Crippen molar-refractivity contribution >= 4 is 22.8 Å². The van der Waals surface area contributed by atoms with Gasteiger partial charge in [-0.05, 0) is 37.8 Å². The van der Waals surface area contributed by atoms with Crippen LogP contribution in [0.5, 0.6) is 0 Å². The summed E-state index contributed by atoms with van der Waals surface area (Å²) in [6.45, 7) is 3.62. The third kappa shape index (κ3) is 5.15. The van der Waals surface area contributed by atoms with Crippen molar-refractivity contribution in [1.29, 1.82) is 0 Å². The van der Waals surface area contributed by atoms with Crippen LogP contribution < -0.4 is 5.32 Å². The number of benzene rings is 1. The normalized spacial score (nSPS) is 16.9. The summed E-state index contributed by atoms with van der Waals surface area (Å²) in [6.07, 6.45) is 5.93. The topological polar surface area (TPSA) is 76.5 Å². The standard InChI is InChI=1S/C22H30N4O3/c27-21(25-12-14-29-15-13-25)16-26-19-7-4-3-6-18(19)24-20(26)8-2-1-5-11-23-22(28)17-9-10-17/h3-4,6-7,17H,1-2,5,8-16H2,(H,23,28). The van der Waals surface area contributed by atoms with Gasteiger partial charge in [0.25, 0.3) is 0 Å². The summed E-state index contributed by atoms with van der Waals surface area (Å²) < 4.78 is 7.43. The van der Waals surface area contributed by atoms with E-state index in [0.29, 0.717) is 32.8 Å². The van der Waals surface area contributed by atoms with E-state index < -0.39 is 0 Å². The van der Waals surface area contributed by atoms with Gasteiger partial charge in [0, 0.05) is 32.0 Å². The molecule has 2 aliphatic rings. The summed E-state index contributed by atoms with van der Waals surface area (Å²) in [5, 5.41) is 3.02. The van der Waals surface area contributed by atoms with E-state index in [4.69, 9.17) is 9.72 Å². The number of aryl methyl sites for hydroxylation is 1. The third-order valence-corrected chi connectivity index (χ3v) is 5.72. The zero-order chi connectivity index (χ0) is 20.1. The Balaban J connectivity index is 1.33. The van der Waals surface area contributed by atoms with Gasteiger partial charge in [-0.1, -0.05) is 18.6 Å². The number of carbonyl (C=O) groups excluding carboxylic acids is 2. The highest BCUT2D eigenvalue weighted by Crippen LogP contribution is 2.28. The van der Waals surface area contributed by atoms with Crippen molar-refractivity contribution in [3.05, 3.63) is 30.1 Å². The average molecular weight is 399 g/mol. The number of fused-ring (bicyclic) bond motifs is 1. The summed E-state index contributed by atoms with van der Waals surface area (Å²) in [5.41, 5.74) is 1.95. The first-order valence-electron chi connectivity index (χ1n) is 10.8. The van der Waals surface area contributed by atoms with Crippen LogP contribution in [0.4, 0.5) is 0 Å². The first-order chi connectivity index (χ1) is 14.2. The number of hydrogen-bond donors (Lipinski definition) is 1. The molecule has 0 unspecified atom stereocenters. The highest BCUT2D eigenvalue weighted by molar-refractivity contribution is 5.81. The molecule has 1 N–H and O–H groups in total. The Kier molecular flexibility index (Phi) is 6.44. The Morgan fingerprint density at radius 1 is 1.10 bits per heavy atom. The Labute approximate surface area is 171 Å². The van der Waals surface area contributed by atoms with E-state index >= 15 is 0 Å². The molecule has 2 aromatic rings. The second-order valence-electron chi connectivity index (χ2n) is 7.97. The highest BCUT2D eigenvalue weighted by atomic mass is 16.5. The monoisotopic (exact) mass is 398 g/mol. The molecule has 1 saturated carbocycles. The van der Waals surface area contributed by atoms with Crippen molar-refractivity contribution in [3.8, 4) is 0 Å². The zero-order valence-corrected chi connectivity index (χ0v) is 16.9. The number of morpholine rings is 1. The SMILES string of the molecule is O=C(NCCCCCc1nc2ccccc2n1CC(=O)N1CCOCC1)C1CC1. The quantitative estimate of drug-likeness (QED) is 0.657. The van der Waals surface area contributed by atoms with Gasteiger partial charge in [0.15, 0.2) is 0 Å². The summed E-state index contributed by atoms with van der Waals surface area (Å²) in [7, 11) is 0. The molecule has 2 amide bonds. The first-order valence-corrected chi connectivity index (χ1v) is 10.8. The molecule has 1 aliphatic carbocycles. The number of para-hydroxylation sites is 2. The molecule has 1 aromatic carbocycles. The summed E-state index contributed by atoms with van der Waals surface area (Å²) in [4.78, 5) is 31.1. The maximum absolute atomic E-state index is 12.8. The fourth-order valence-electron chi connectivity index (χ4n) is 3.83. The van der Waals surface area contributed by atoms with Gasteiger partial charge in [-0.2, -0.15) is 0 Å². The van der Waals surface area contributed by atoms with Gasteiger partial charge >= 0.3 is 0 Å². The Morgan fingerprint density at radius 3 is 2.69 bits per heavy atom. The second-order valence-corrected chi connectivity index (χ2v) is 7.97. The van der Waals surface area contributed by atoms with E-state index in [-0.39, 0.29) is 17.7 Å². The van der Waals surface area contributed by atoms with Crippen LogP contribution in [-0.2, 0) is 27.3 Å². The molecular formula is C22H30N4O3. The molecular weight excluding hydrogens is 368 g/mol. The van der Waals surface area contributed by atoms with E-state index in [2.05, 4.69) is 9.88 Å². The van der Waals surface area contributed by atoms with Crippen molar-refractivity contribution < 1.29 is 14.3 Å². The molecule has 7 nitrogen and oxygen atoms in total. The van der Waals surface area contributed by atoms with Gasteiger partial charge in [-0.25, -0.2) is 4.98 Å². The van der Waals surface area contributed by atoms with Gasteiger partial charge < -0.3 is 19.5 Å². The molecule has 4 rings (SSSR count). The Hall–Kier alpha value is -2.41. The molecule has 1 saturated heterocycles. The highest BCUT2D eigenvalue weighted by Gasteiger charge is 2.28. The van der Waals surface area contributed by atoms with Crippen LogP contribution in [0.25, 0.3) is 11.0 Å². The lowest BCUT2D eigenvalue weighted by atomic mass is 10.2. The van der Waals surface area contributed by atoms with E-state index in [9.17, 15) is 9.59 Å². The minimum Gasteiger partial charge on any atom is -0.378 e. The molecule has 0 radical (unpaired) electrons. The second kappa shape index (κ2) is 9.39. The van der Waals surface area contributed by atoms with E-state index in [1.165, 1.54) is 0 Å². The van der Waals surface area contributed by atoms with Gasteiger partial charge in [-0.3, -0.25) is 9.59 Å². The fraction of sp³-hybridized carbons (Fsp3) is 0.591. The number of hydrogen-bond acceptors (Lipinski definition) is 4. The predicted molar refractivity (Wildman–Crippen MR) is 110 cm³/mol. The van der Waals surface area contributed by atoms with Crippen molar-refractivity contribution in [1.82, 2.24) is 19.8 Å². The lowest BCUT2D eigenvalue weighted by molar-refractivity contribution is -0.135. The van der Waals surface area contributed by atoms with E-state index in [0.717, 1.165) is 61.9 Å². The molecule has 29 heavy (non-hydrogen) atoms. The first kappa shape index (κ1) is 19.9. The Morgan fingerprint density at radius 2 is 1.90 bits per heavy atom. The molecule has 2 heterocycles. The predicted octanol–water partition coefficient (Wildman–Crippen LogP) is 2.13. The molecule has 7 heteroatoms. The summed E-state index contributed by atoms with van der Waals surface area (Å²) >= 11 is 0. The number of carbonyl (C=O) groups is 2. The van der Waals surface area contributed by atoms with Crippen LogP contribution in [0.15, 0.2) is 24.3 Å². The van der Waals surface area contributed by atoms with E-state index in [1.807, 2.05) is 29.2 Å². The van der Waals surface area contributed by atoms with Crippen molar-refractivity contribution in [2.45, 2.75) is 45.1 Å². The molecule has 0 bridgehead atoms. The van der Waals surface area contributed by atoms with Crippen LogP contribution in [0, 0.1) is 5.92 Å². The Bertz CT molecular complexity index is 853. The summed E-state index contributed by atoms with van der Waals surface area (Å²) in [6, 6.07) is 8.01. The third-order valence-electron chi connectivity index (χ3n) is 5.72. The zero-order valence-electron chi connectivity index (χ0n) is 16.9. The van der Waals surface area contributed by atoms with Crippen molar-refractivity contribution in [2.24, 2.45) is 5.92 Å². The number of ether oxygens (including phenoxy) is 1. The maximum Gasteiger partial charge on any atom is 0.242 e. The van der Waals surface area contributed by atoms with Crippen LogP contribution in [0.2, 0.25) is 0 Å². The van der Waals surface area contributed by atoms with Gasteiger partial charge in [0.05, 0.1) is 24.2 Å². The van der Waals surface area contributed by atoms with Gasteiger partial charge in [0.2, 0.25) is 11.8 Å².